The van der Waals surface area contributed by atoms with Crippen LogP contribution < -0.4 is 10.5 Å². The molecule has 0 fully saturated rings. The summed E-state index contributed by atoms with van der Waals surface area (Å²) < 4.78 is 10.2. The molecule has 0 unspecified atom stereocenters. The van der Waals surface area contributed by atoms with E-state index in [0.29, 0.717) is 11.4 Å². The van der Waals surface area contributed by atoms with Gasteiger partial charge in [-0.05, 0) is 24.5 Å². The zero-order valence-electron chi connectivity index (χ0n) is 13.1. The molecule has 10 heteroatoms. The van der Waals surface area contributed by atoms with Crippen molar-refractivity contribution in [2.45, 2.75) is 12.8 Å². The second kappa shape index (κ2) is 10.8. The van der Waals surface area contributed by atoms with Gasteiger partial charge in [-0.2, -0.15) is 0 Å². The SMILES string of the molecule is CSSCCOC(=O)c1cc(N)ccc1OC(=O)CCC[N+](=O)[O-]. The van der Waals surface area contributed by atoms with Gasteiger partial charge in [0.1, 0.15) is 17.9 Å². The number of nitrogen functional groups attached to an aromatic ring is 1. The predicted octanol–water partition coefficient (Wildman–Crippen LogP) is 2.40. The highest BCUT2D eigenvalue weighted by Gasteiger charge is 2.17. The van der Waals surface area contributed by atoms with Crippen molar-refractivity contribution in [3.63, 3.8) is 0 Å². The molecule has 1 aromatic rings. The van der Waals surface area contributed by atoms with E-state index in [2.05, 4.69) is 0 Å². The van der Waals surface area contributed by atoms with Gasteiger partial charge in [-0.15, -0.1) is 0 Å². The smallest absolute Gasteiger partial charge is 0.342 e. The number of anilines is 1. The predicted molar refractivity (Wildman–Crippen MR) is 93.8 cm³/mol. The Kier molecular flexibility index (Phi) is 9.02. The summed E-state index contributed by atoms with van der Waals surface area (Å²) in [5.74, 6) is -0.644. The summed E-state index contributed by atoms with van der Waals surface area (Å²) in [6, 6.07) is 4.25. The normalized spacial score (nSPS) is 10.2. The number of benzene rings is 1. The maximum absolute atomic E-state index is 12.1. The molecule has 24 heavy (non-hydrogen) atoms. The summed E-state index contributed by atoms with van der Waals surface area (Å²) in [7, 11) is 3.11. The molecular formula is C14H18N2O6S2. The lowest BCUT2D eigenvalue weighted by molar-refractivity contribution is -0.480. The van der Waals surface area contributed by atoms with Crippen molar-refractivity contribution < 1.29 is 24.0 Å². The molecule has 0 amide bonds. The Bertz CT molecular complexity index is 597. The van der Waals surface area contributed by atoms with E-state index < -0.39 is 16.9 Å². The molecule has 0 saturated carbocycles. The van der Waals surface area contributed by atoms with Crippen LogP contribution in [-0.4, -0.2) is 42.0 Å². The van der Waals surface area contributed by atoms with Crippen LogP contribution in [0.4, 0.5) is 5.69 Å². The van der Waals surface area contributed by atoms with Crippen LogP contribution in [0, 0.1) is 10.1 Å². The maximum Gasteiger partial charge on any atom is 0.342 e. The van der Waals surface area contributed by atoms with Crippen LogP contribution in [0.25, 0.3) is 0 Å². The number of ether oxygens (including phenoxy) is 2. The van der Waals surface area contributed by atoms with E-state index in [1.165, 1.54) is 18.2 Å². The fourth-order valence-electron chi connectivity index (χ4n) is 1.65. The van der Waals surface area contributed by atoms with Crippen LogP contribution in [0.2, 0.25) is 0 Å². The van der Waals surface area contributed by atoms with Crippen molar-refractivity contribution in [1.29, 1.82) is 0 Å². The second-order valence-electron chi connectivity index (χ2n) is 4.51. The number of nitrogens with zero attached hydrogens (tertiary/aromatic N) is 1. The minimum Gasteiger partial charge on any atom is -0.461 e. The van der Waals surface area contributed by atoms with E-state index in [-0.39, 0.29) is 37.3 Å². The fraction of sp³-hybridized carbons (Fsp3) is 0.429. The fourth-order valence-corrected chi connectivity index (χ4v) is 2.67. The molecule has 0 saturated heterocycles. The highest BCUT2D eigenvalue weighted by molar-refractivity contribution is 8.76. The van der Waals surface area contributed by atoms with E-state index in [0.717, 1.165) is 0 Å². The quantitative estimate of drug-likeness (QED) is 0.125. The summed E-state index contributed by atoms with van der Waals surface area (Å²) in [6.07, 6.45) is 1.86. The lowest BCUT2D eigenvalue weighted by Gasteiger charge is -2.10. The number of hydrogen-bond acceptors (Lipinski definition) is 9. The summed E-state index contributed by atoms with van der Waals surface area (Å²) in [5, 5.41) is 10.2. The Morgan fingerprint density at radius 1 is 1.38 bits per heavy atom. The monoisotopic (exact) mass is 374 g/mol. The zero-order chi connectivity index (χ0) is 17.9. The first-order chi connectivity index (χ1) is 11.4. The van der Waals surface area contributed by atoms with Crippen molar-refractivity contribution in [1.82, 2.24) is 0 Å². The van der Waals surface area contributed by atoms with Gasteiger partial charge in [-0.25, -0.2) is 4.79 Å². The first-order valence-electron chi connectivity index (χ1n) is 6.98. The lowest BCUT2D eigenvalue weighted by Crippen LogP contribution is -2.15. The molecule has 2 N–H and O–H groups in total. The van der Waals surface area contributed by atoms with Gasteiger partial charge in [0.15, 0.2) is 0 Å². The van der Waals surface area contributed by atoms with Crippen molar-refractivity contribution in [2.24, 2.45) is 0 Å². The van der Waals surface area contributed by atoms with Gasteiger partial charge in [-0.1, -0.05) is 21.6 Å². The molecular weight excluding hydrogens is 356 g/mol. The number of nitrogens with two attached hydrogens (primary N) is 1. The molecule has 0 aliphatic heterocycles. The first-order valence-corrected chi connectivity index (χ1v) is 9.71. The minimum atomic E-state index is -0.659. The molecule has 0 aliphatic carbocycles. The number of hydrogen-bond donors (Lipinski definition) is 1. The van der Waals surface area contributed by atoms with Crippen molar-refractivity contribution in [3.8, 4) is 5.75 Å². The topological polar surface area (TPSA) is 122 Å². The third-order valence-electron chi connectivity index (χ3n) is 2.69. The summed E-state index contributed by atoms with van der Waals surface area (Å²) in [6.45, 7) is -0.103. The highest BCUT2D eigenvalue weighted by Crippen LogP contribution is 2.23. The Labute approximate surface area is 147 Å². The standard InChI is InChI=1S/C14H18N2O6S2/c1-23-24-8-7-21-14(18)11-9-10(15)4-5-12(11)22-13(17)3-2-6-16(19)20/h4-5,9H,2-3,6-8,15H2,1H3. The molecule has 1 rings (SSSR count). The Balaban J connectivity index is 2.68. The minimum absolute atomic E-state index is 0.0258. The maximum atomic E-state index is 12.1. The second-order valence-corrected chi connectivity index (χ2v) is 7.20. The van der Waals surface area contributed by atoms with Gasteiger partial charge < -0.3 is 15.2 Å². The van der Waals surface area contributed by atoms with E-state index >= 15 is 0 Å². The molecule has 0 aliphatic rings. The number of nitro groups is 1. The number of esters is 2. The molecule has 8 nitrogen and oxygen atoms in total. The number of rotatable bonds is 10. The largest absolute Gasteiger partial charge is 0.461 e. The zero-order valence-corrected chi connectivity index (χ0v) is 14.7. The molecule has 0 aromatic heterocycles. The summed E-state index contributed by atoms with van der Waals surface area (Å²) in [5.41, 5.74) is 6.03. The lowest BCUT2D eigenvalue weighted by atomic mass is 10.2. The van der Waals surface area contributed by atoms with Crippen molar-refractivity contribution >= 4 is 39.2 Å². The number of carbonyl (C=O) groups excluding carboxylic acids is 2. The van der Waals surface area contributed by atoms with Gasteiger partial charge >= 0.3 is 11.9 Å². The Morgan fingerprint density at radius 3 is 2.79 bits per heavy atom. The van der Waals surface area contributed by atoms with Crippen LogP contribution in [0.3, 0.4) is 0 Å². The molecule has 0 atom stereocenters. The molecule has 0 heterocycles. The average molecular weight is 374 g/mol. The van der Waals surface area contributed by atoms with Crippen molar-refractivity contribution in [3.05, 3.63) is 33.9 Å². The van der Waals surface area contributed by atoms with Gasteiger partial charge in [0.2, 0.25) is 6.54 Å². The Morgan fingerprint density at radius 2 is 2.12 bits per heavy atom. The van der Waals surface area contributed by atoms with E-state index in [1.807, 2.05) is 6.26 Å². The first kappa shape index (κ1) is 20.1. The van der Waals surface area contributed by atoms with E-state index in [1.54, 1.807) is 21.6 Å². The van der Waals surface area contributed by atoms with Gasteiger partial charge in [0.05, 0.1) is 6.42 Å². The van der Waals surface area contributed by atoms with Crippen LogP contribution in [0.5, 0.6) is 5.75 Å². The molecule has 0 radical (unpaired) electrons. The highest BCUT2D eigenvalue weighted by atomic mass is 33.1. The van der Waals surface area contributed by atoms with Crippen LogP contribution in [0.15, 0.2) is 18.2 Å². The van der Waals surface area contributed by atoms with Crippen LogP contribution in [0.1, 0.15) is 23.2 Å². The third-order valence-corrected chi connectivity index (χ3v) is 4.46. The Hall–Kier alpha value is -1.94. The van der Waals surface area contributed by atoms with Gasteiger partial charge in [0.25, 0.3) is 0 Å². The van der Waals surface area contributed by atoms with Crippen molar-refractivity contribution in [2.75, 3.05) is 30.9 Å². The summed E-state index contributed by atoms with van der Waals surface area (Å²) >= 11 is 0. The van der Waals surface area contributed by atoms with Crippen LogP contribution >= 0.6 is 21.6 Å². The van der Waals surface area contributed by atoms with Gasteiger partial charge in [-0.3, -0.25) is 14.9 Å². The average Bonchev–Trinajstić information content (AvgIpc) is 2.52. The number of carbonyl (C=O) groups is 2. The van der Waals surface area contributed by atoms with Crippen LogP contribution in [-0.2, 0) is 9.53 Å². The van der Waals surface area contributed by atoms with E-state index in [9.17, 15) is 19.7 Å². The molecule has 132 valence electrons. The summed E-state index contributed by atoms with van der Waals surface area (Å²) in [4.78, 5) is 33.5. The molecule has 0 spiro atoms. The third kappa shape index (κ3) is 7.55. The van der Waals surface area contributed by atoms with Gasteiger partial charge in [0, 0.05) is 22.8 Å². The van der Waals surface area contributed by atoms with E-state index in [4.69, 9.17) is 15.2 Å². The molecule has 0 bridgehead atoms. The molecule has 1 aromatic carbocycles.